The first-order valence-electron chi connectivity index (χ1n) is 6.09. The predicted octanol–water partition coefficient (Wildman–Crippen LogP) is 3.93. The molecule has 0 aliphatic rings. The van der Waals surface area contributed by atoms with Crippen LogP contribution in [-0.4, -0.2) is 5.16 Å². The van der Waals surface area contributed by atoms with E-state index in [-0.39, 0.29) is 11.1 Å². The van der Waals surface area contributed by atoms with E-state index in [9.17, 15) is 4.39 Å². The lowest BCUT2D eigenvalue weighted by Gasteiger charge is -2.14. The molecule has 0 spiro atoms. The van der Waals surface area contributed by atoms with E-state index in [4.69, 9.17) is 16.1 Å². The fraction of sp³-hybridized carbons (Fsp3) is 0.357. The molecule has 0 amide bonds. The standard InChI is InChI=1S/C14H16ClFN2O/c1-8(14-9(2)18-19-10(14)3)17-7-11-4-5-13(16)12(15)6-11/h4-6,8,17H,7H2,1-3H3. The predicted molar refractivity (Wildman–Crippen MR) is 72.6 cm³/mol. The van der Waals surface area contributed by atoms with Crippen LogP contribution in [0.1, 0.15) is 35.5 Å². The van der Waals surface area contributed by atoms with Gasteiger partial charge in [0.15, 0.2) is 0 Å². The first kappa shape index (κ1) is 14.0. The van der Waals surface area contributed by atoms with Crippen LogP contribution in [0.4, 0.5) is 4.39 Å². The van der Waals surface area contributed by atoms with Crippen molar-refractivity contribution in [2.45, 2.75) is 33.4 Å². The monoisotopic (exact) mass is 282 g/mol. The van der Waals surface area contributed by atoms with E-state index in [0.29, 0.717) is 6.54 Å². The molecule has 0 radical (unpaired) electrons. The van der Waals surface area contributed by atoms with Crippen molar-refractivity contribution < 1.29 is 8.91 Å². The van der Waals surface area contributed by atoms with Crippen molar-refractivity contribution in [3.05, 3.63) is 51.6 Å². The maximum atomic E-state index is 13.1. The third kappa shape index (κ3) is 3.14. The Balaban J connectivity index is 2.04. The quantitative estimate of drug-likeness (QED) is 0.923. The molecule has 0 bridgehead atoms. The lowest BCUT2D eigenvalue weighted by Crippen LogP contribution is -2.19. The van der Waals surface area contributed by atoms with E-state index in [2.05, 4.69) is 10.5 Å². The molecule has 1 unspecified atom stereocenters. The van der Waals surface area contributed by atoms with Crippen LogP contribution in [0.2, 0.25) is 5.02 Å². The van der Waals surface area contributed by atoms with Gasteiger partial charge in [-0.2, -0.15) is 0 Å². The van der Waals surface area contributed by atoms with Crippen LogP contribution >= 0.6 is 11.6 Å². The molecule has 1 aromatic carbocycles. The maximum Gasteiger partial charge on any atom is 0.141 e. The minimum atomic E-state index is -0.399. The van der Waals surface area contributed by atoms with E-state index < -0.39 is 5.82 Å². The van der Waals surface area contributed by atoms with Crippen molar-refractivity contribution in [3.8, 4) is 0 Å². The summed E-state index contributed by atoms with van der Waals surface area (Å²) in [4.78, 5) is 0. The Hall–Kier alpha value is -1.39. The normalized spacial score (nSPS) is 12.7. The molecule has 0 fully saturated rings. The molecule has 1 N–H and O–H groups in total. The van der Waals surface area contributed by atoms with E-state index in [1.165, 1.54) is 6.07 Å². The van der Waals surface area contributed by atoms with Crippen LogP contribution in [0, 0.1) is 19.7 Å². The minimum absolute atomic E-state index is 0.107. The van der Waals surface area contributed by atoms with Crippen molar-refractivity contribution >= 4 is 11.6 Å². The number of rotatable bonds is 4. The van der Waals surface area contributed by atoms with Crippen LogP contribution in [0.15, 0.2) is 22.7 Å². The summed E-state index contributed by atoms with van der Waals surface area (Å²) in [6, 6.07) is 4.83. The summed E-state index contributed by atoms with van der Waals surface area (Å²) in [5.74, 6) is 0.416. The summed E-state index contributed by atoms with van der Waals surface area (Å²) < 4.78 is 18.2. The number of halogens is 2. The SMILES string of the molecule is Cc1noc(C)c1C(C)NCc1ccc(F)c(Cl)c1. The number of benzene rings is 1. The number of aryl methyl sites for hydroxylation is 2. The molecule has 0 saturated carbocycles. The van der Waals surface area contributed by atoms with Crippen molar-refractivity contribution in [2.75, 3.05) is 0 Å². The molecule has 1 aromatic heterocycles. The Labute approximate surface area is 116 Å². The molecule has 19 heavy (non-hydrogen) atoms. The Bertz CT molecular complexity index is 563. The summed E-state index contributed by atoms with van der Waals surface area (Å²) in [6.45, 7) is 6.45. The first-order valence-corrected chi connectivity index (χ1v) is 6.47. The summed E-state index contributed by atoms with van der Waals surface area (Å²) in [5.41, 5.74) is 2.88. The fourth-order valence-corrected chi connectivity index (χ4v) is 2.33. The Morgan fingerprint density at radius 2 is 2.16 bits per heavy atom. The lowest BCUT2D eigenvalue weighted by atomic mass is 10.1. The van der Waals surface area contributed by atoms with Gasteiger partial charge in [0.2, 0.25) is 0 Å². The molecule has 2 aromatic rings. The lowest BCUT2D eigenvalue weighted by molar-refractivity contribution is 0.390. The largest absolute Gasteiger partial charge is 0.361 e. The van der Waals surface area contributed by atoms with E-state index in [1.54, 1.807) is 12.1 Å². The topological polar surface area (TPSA) is 38.1 Å². The third-order valence-electron chi connectivity index (χ3n) is 3.12. The molecule has 3 nitrogen and oxygen atoms in total. The molecule has 0 aliphatic heterocycles. The summed E-state index contributed by atoms with van der Waals surface area (Å²) in [7, 11) is 0. The maximum absolute atomic E-state index is 13.1. The highest BCUT2D eigenvalue weighted by Gasteiger charge is 2.15. The molecule has 0 saturated heterocycles. The molecule has 0 aliphatic carbocycles. The number of nitrogens with one attached hydrogen (secondary N) is 1. The average Bonchev–Trinajstić information content (AvgIpc) is 2.70. The molecule has 1 heterocycles. The highest BCUT2D eigenvalue weighted by atomic mass is 35.5. The van der Waals surface area contributed by atoms with Crippen molar-refractivity contribution in [2.24, 2.45) is 0 Å². The first-order chi connectivity index (χ1) is 8.99. The van der Waals surface area contributed by atoms with Gasteiger partial charge in [0.05, 0.1) is 10.7 Å². The molecule has 102 valence electrons. The van der Waals surface area contributed by atoms with Crippen LogP contribution in [0.25, 0.3) is 0 Å². The second-order valence-electron chi connectivity index (χ2n) is 4.59. The Kier molecular flexibility index (Phi) is 4.22. The fourth-order valence-electron chi connectivity index (χ4n) is 2.13. The van der Waals surface area contributed by atoms with Crippen molar-refractivity contribution in [1.82, 2.24) is 10.5 Å². The van der Waals surface area contributed by atoms with Gasteiger partial charge in [0, 0.05) is 18.2 Å². The zero-order valence-electron chi connectivity index (χ0n) is 11.1. The second-order valence-corrected chi connectivity index (χ2v) is 5.00. The van der Waals surface area contributed by atoms with Gasteiger partial charge >= 0.3 is 0 Å². The Morgan fingerprint density at radius 3 is 2.74 bits per heavy atom. The highest BCUT2D eigenvalue weighted by molar-refractivity contribution is 6.30. The van der Waals surface area contributed by atoms with Crippen LogP contribution in [0.3, 0.4) is 0 Å². The number of hydrogen-bond acceptors (Lipinski definition) is 3. The van der Waals surface area contributed by atoms with Gasteiger partial charge in [-0.1, -0.05) is 22.8 Å². The van der Waals surface area contributed by atoms with E-state index in [1.807, 2.05) is 20.8 Å². The Morgan fingerprint density at radius 1 is 1.42 bits per heavy atom. The third-order valence-corrected chi connectivity index (χ3v) is 3.41. The molecule has 5 heteroatoms. The van der Waals surface area contributed by atoms with Crippen LogP contribution < -0.4 is 5.32 Å². The number of hydrogen-bond donors (Lipinski definition) is 1. The molecular weight excluding hydrogens is 267 g/mol. The van der Waals surface area contributed by atoms with Gasteiger partial charge in [-0.15, -0.1) is 0 Å². The van der Waals surface area contributed by atoms with Gasteiger partial charge in [-0.3, -0.25) is 0 Å². The van der Waals surface area contributed by atoms with Gasteiger partial charge in [-0.25, -0.2) is 4.39 Å². The van der Waals surface area contributed by atoms with E-state index >= 15 is 0 Å². The van der Waals surface area contributed by atoms with Gasteiger partial charge in [0.1, 0.15) is 11.6 Å². The average molecular weight is 283 g/mol. The van der Waals surface area contributed by atoms with Crippen molar-refractivity contribution in [3.63, 3.8) is 0 Å². The number of nitrogens with zero attached hydrogens (tertiary/aromatic N) is 1. The summed E-state index contributed by atoms with van der Waals surface area (Å²) in [6.07, 6.45) is 0. The van der Waals surface area contributed by atoms with Crippen LogP contribution in [-0.2, 0) is 6.54 Å². The minimum Gasteiger partial charge on any atom is -0.361 e. The zero-order valence-corrected chi connectivity index (χ0v) is 11.9. The van der Waals surface area contributed by atoms with Gasteiger partial charge in [0.25, 0.3) is 0 Å². The van der Waals surface area contributed by atoms with Crippen molar-refractivity contribution in [1.29, 1.82) is 0 Å². The van der Waals surface area contributed by atoms with Gasteiger partial charge < -0.3 is 9.84 Å². The smallest absolute Gasteiger partial charge is 0.141 e. The number of aromatic nitrogens is 1. The van der Waals surface area contributed by atoms with Crippen LogP contribution in [0.5, 0.6) is 0 Å². The molecule has 1 atom stereocenters. The highest BCUT2D eigenvalue weighted by Crippen LogP contribution is 2.22. The van der Waals surface area contributed by atoms with Gasteiger partial charge in [-0.05, 0) is 38.5 Å². The second kappa shape index (κ2) is 5.72. The molecule has 2 rings (SSSR count). The summed E-state index contributed by atoms with van der Waals surface area (Å²) in [5, 5.41) is 7.42. The summed E-state index contributed by atoms with van der Waals surface area (Å²) >= 11 is 5.75. The van der Waals surface area contributed by atoms with E-state index in [0.717, 1.165) is 22.6 Å². The zero-order chi connectivity index (χ0) is 14.0. The molecular formula is C14H16ClFN2O.